The Morgan fingerprint density at radius 1 is 1.03 bits per heavy atom. The summed E-state index contributed by atoms with van der Waals surface area (Å²) in [4.78, 5) is 2.36. The maximum atomic E-state index is 13.1. The van der Waals surface area contributed by atoms with Crippen LogP contribution in [0, 0.1) is 5.82 Å². The largest absolute Gasteiger partial charge is 0.314 e. The summed E-state index contributed by atoms with van der Waals surface area (Å²) in [7, 11) is -3.85. The molecule has 0 spiro atoms. The minimum Gasteiger partial charge on any atom is -0.314 e. The normalized spacial score (nSPS) is 15.0. The van der Waals surface area contributed by atoms with Crippen molar-refractivity contribution in [1.82, 2.24) is 14.2 Å². The highest BCUT2D eigenvalue weighted by Gasteiger charge is 2.21. The van der Waals surface area contributed by atoms with Crippen LogP contribution in [0.2, 0.25) is 5.02 Å². The summed E-state index contributed by atoms with van der Waals surface area (Å²) in [6, 6.07) is 10.4. The van der Waals surface area contributed by atoms with Crippen LogP contribution in [0.5, 0.6) is 0 Å². The van der Waals surface area contributed by atoms with Crippen LogP contribution >= 0.6 is 36.4 Å². The van der Waals surface area contributed by atoms with E-state index in [4.69, 9.17) is 11.6 Å². The molecule has 0 bridgehead atoms. The zero-order valence-corrected chi connectivity index (χ0v) is 18.6. The average Bonchev–Trinajstić information content (AvgIpc) is 3.00. The fourth-order valence-electron chi connectivity index (χ4n) is 3.35. The van der Waals surface area contributed by atoms with E-state index in [2.05, 4.69) is 10.2 Å². The second-order valence-electron chi connectivity index (χ2n) is 6.61. The molecule has 1 saturated heterocycles. The summed E-state index contributed by atoms with van der Waals surface area (Å²) in [6.45, 7) is 4.69. The summed E-state index contributed by atoms with van der Waals surface area (Å²) in [5.41, 5.74) is 1.59. The van der Waals surface area contributed by atoms with Crippen molar-refractivity contribution in [2.45, 2.75) is 11.4 Å². The number of hydrogen-bond acceptors (Lipinski definition) is 4. The topological polar surface area (TPSA) is 54.3 Å². The van der Waals surface area contributed by atoms with Gasteiger partial charge in [0.05, 0.1) is 15.4 Å². The van der Waals surface area contributed by atoms with Crippen molar-refractivity contribution in [2.75, 3.05) is 26.2 Å². The number of nitrogens with one attached hydrogen (secondary N) is 1. The molecule has 0 unspecified atom stereocenters. The second-order valence-corrected chi connectivity index (χ2v) is 8.83. The molecule has 1 N–H and O–H groups in total. The molecule has 2 heterocycles. The molecule has 5 nitrogen and oxygen atoms in total. The zero-order chi connectivity index (χ0) is 19.0. The van der Waals surface area contributed by atoms with Crippen molar-refractivity contribution in [3.05, 3.63) is 65.1 Å². The molecular formula is C19H21Cl3FN3O2S. The third-order valence-corrected chi connectivity index (χ3v) is 6.76. The Bertz CT molecular complexity index is 1080. The molecule has 10 heteroatoms. The maximum absolute atomic E-state index is 13.1. The lowest BCUT2D eigenvalue weighted by Crippen LogP contribution is -2.42. The van der Waals surface area contributed by atoms with E-state index in [1.165, 1.54) is 18.3 Å². The number of halogens is 4. The molecule has 1 aliphatic heterocycles. The van der Waals surface area contributed by atoms with Gasteiger partial charge in [-0.1, -0.05) is 17.7 Å². The number of aromatic nitrogens is 1. The number of nitrogens with zero attached hydrogens (tertiary/aromatic N) is 2. The van der Waals surface area contributed by atoms with Gasteiger partial charge in [0.1, 0.15) is 5.82 Å². The average molecular weight is 481 g/mol. The molecule has 0 aliphatic carbocycles. The molecule has 0 saturated carbocycles. The van der Waals surface area contributed by atoms with Crippen molar-refractivity contribution >= 4 is 57.3 Å². The van der Waals surface area contributed by atoms with Gasteiger partial charge in [-0.25, -0.2) is 16.8 Å². The number of rotatable bonds is 4. The summed E-state index contributed by atoms with van der Waals surface area (Å²) in [6.07, 6.45) is 1.40. The first-order valence-corrected chi connectivity index (χ1v) is 10.5. The van der Waals surface area contributed by atoms with Crippen LogP contribution in [-0.2, 0) is 16.6 Å². The number of hydrogen-bond donors (Lipinski definition) is 1. The fraction of sp³-hybridized carbons (Fsp3) is 0.263. The lowest BCUT2D eigenvalue weighted by atomic mass is 10.1. The van der Waals surface area contributed by atoms with Crippen LogP contribution in [0.25, 0.3) is 10.9 Å². The van der Waals surface area contributed by atoms with E-state index in [0.29, 0.717) is 15.9 Å². The Hall–Kier alpha value is -1.35. The third kappa shape index (κ3) is 4.87. The van der Waals surface area contributed by atoms with Gasteiger partial charge in [-0.05, 0) is 42.0 Å². The molecular weight excluding hydrogens is 460 g/mol. The van der Waals surface area contributed by atoms with Crippen molar-refractivity contribution in [3.63, 3.8) is 0 Å². The first-order chi connectivity index (χ1) is 12.9. The Morgan fingerprint density at radius 3 is 2.34 bits per heavy atom. The van der Waals surface area contributed by atoms with Gasteiger partial charge in [-0.15, -0.1) is 24.8 Å². The van der Waals surface area contributed by atoms with Crippen molar-refractivity contribution in [2.24, 2.45) is 0 Å². The monoisotopic (exact) mass is 479 g/mol. The third-order valence-electron chi connectivity index (χ3n) is 4.77. The Morgan fingerprint density at radius 2 is 1.69 bits per heavy atom. The molecule has 0 amide bonds. The van der Waals surface area contributed by atoms with E-state index in [1.54, 1.807) is 6.07 Å². The van der Waals surface area contributed by atoms with Gasteiger partial charge >= 0.3 is 0 Å². The Balaban J connectivity index is 0.00000150. The second kappa shape index (κ2) is 9.64. The molecule has 1 aromatic heterocycles. The van der Waals surface area contributed by atoms with Gasteiger partial charge in [0.2, 0.25) is 0 Å². The highest BCUT2D eigenvalue weighted by molar-refractivity contribution is 7.90. The minimum atomic E-state index is -3.85. The van der Waals surface area contributed by atoms with Crippen LogP contribution in [0.1, 0.15) is 5.56 Å². The zero-order valence-electron chi connectivity index (χ0n) is 15.3. The lowest BCUT2D eigenvalue weighted by Gasteiger charge is -2.27. The number of fused-ring (bicyclic) bond motifs is 1. The summed E-state index contributed by atoms with van der Waals surface area (Å²) in [5, 5.41) is 4.38. The quantitative estimate of drug-likeness (QED) is 0.615. The van der Waals surface area contributed by atoms with E-state index in [1.807, 2.05) is 12.1 Å². The summed E-state index contributed by atoms with van der Waals surface area (Å²) in [5.74, 6) is -0.484. The van der Waals surface area contributed by atoms with Crippen LogP contribution in [-0.4, -0.2) is 43.5 Å². The van der Waals surface area contributed by atoms with Gasteiger partial charge < -0.3 is 5.32 Å². The first-order valence-electron chi connectivity index (χ1n) is 8.69. The van der Waals surface area contributed by atoms with Crippen LogP contribution < -0.4 is 5.32 Å². The highest BCUT2D eigenvalue weighted by atomic mass is 35.5. The SMILES string of the molecule is Cl.Cl.O=S(=O)(c1ccc(F)cc1)n1cc(Cl)c2cc(CN3CCNCC3)ccc21. The van der Waals surface area contributed by atoms with Crippen molar-refractivity contribution in [3.8, 4) is 0 Å². The van der Waals surface area contributed by atoms with E-state index >= 15 is 0 Å². The van der Waals surface area contributed by atoms with Gasteiger partial charge in [0.15, 0.2) is 0 Å². The smallest absolute Gasteiger partial charge is 0.268 e. The van der Waals surface area contributed by atoms with E-state index < -0.39 is 15.8 Å². The summed E-state index contributed by atoms with van der Waals surface area (Å²) >= 11 is 6.34. The van der Waals surface area contributed by atoms with Gasteiger partial charge in [-0.3, -0.25) is 4.90 Å². The van der Waals surface area contributed by atoms with Crippen molar-refractivity contribution < 1.29 is 12.8 Å². The number of piperazine rings is 1. The molecule has 1 aliphatic rings. The van der Waals surface area contributed by atoms with Crippen LogP contribution in [0.15, 0.2) is 53.6 Å². The molecule has 0 radical (unpaired) electrons. The minimum absolute atomic E-state index is 0. The number of benzene rings is 2. The van der Waals surface area contributed by atoms with E-state index in [0.717, 1.165) is 54.4 Å². The lowest BCUT2D eigenvalue weighted by molar-refractivity contribution is 0.233. The summed E-state index contributed by atoms with van der Waals surface area (Å²) < 4.78 is 40.2. The molecule has 1 fully saturated rings. The molecule has 158 valence electrons. The Labute approximate surface area is 186 Å². The van der Waals surface area contributed by atoms with Crippen LogP contribution in [0.3, 0.4) is 0 Å². The highest BCUT2D eigenvalue weighted by Crippen LogP contribution is 2.30. The molecule has 3 aromatic rings. The molecule has 4 rings (SSSR count). The fourth-order valence-corrected chi connectivity index (χ4v) is 5.03. The van der Waals surface area contributed by atoms with Gasteiger partial charge in [0.25, 0.3) is 10.0 Å². The Kier molecular flexibility index (Phi) is 7.95. The maximum Gasteiger partial charge on any atom is 0.268 e. The van der Waals surface area contributed by atoms with Crippen LogP contribution in [0.4, 0.5) is 4.39 Å². The standard InChI is InChI=1S/C19H19ClFN3O2S.2ClH/c20-18-13-24(27(25,26)16-4-2-15(21)3-5-16)19-6-1-14(11-17(18)19)12-23-9-7-22-8-10-23;;/h1-6,11,13,22H,7-10,12H2;2*1H. The first kappa shape index (κ1) is 23.9. The van der Waals surface area contributed by atoms with Gasteiger partial charge in [-0.2, -0.15) is 0 Å². The molecule has 29 heavy (non-hydrogen) atoms. The van der Waals surface area contributed by atoms with E-state index in [-0.39, 0.29) is 29.7 Å². The predicted molar refractivity (Wildman–Crippen MR) is 119 cm³/mol. The van der Waals surface area contributed by atoms with Gasteiger partial charge in [0, 0.05) is 44.3 Å². The van der Waals surface area contributed by atoms with E-state index in [9.17, 15) is 12.8 Å². The predicted octanol–water partition coefficient (Wildman–Crippen LogP) is 3.92. The molecule has 2 aromatic carbocycles. The molecule has 0 atom stereocenters. The van der Waals surface area contributed by atoms with Crippen molar-refractivity contribution in [1.29, 1.82) is 0 Å².